The van der Waals surface area contributed by atoms with Crippen molar-refractivity contribution in [2.45, 2.75) is 25.8 Å². The van der Waals surface area contributed by atoms with Crippen LogP contribution in [0, 0.1) is 6.92 Å². The standard InChI is InChI=1S/C17H16BrClN2/c1-11-3-5-13(6-4-11)12(2)21-16-9-14(18)7-8-15(16)20-17(21)10-19/h3-9,12H,10H2,1-2H3. The van der Waals surface area contributed by atoms with Crippen LogP contribution in [0.4, 0.5) is 0 Å². The van der Waals surface area contributed by atoms with Crippen molar-refractivity contribution < 1.29 is 0 Å². The molecule has 1 heterocycles. The third-order valence-corrected chi connectivity index (χ3v) is 4.52. The number of imidazole rings is 1. The van der Waals surface area contributed by atoms with E-state index in [2.05, 4.69) is 69.7 Å². The molecule has 1 unspecified atom stereocenters. The van der Waals surface area contributed by atoms with Crippen LogP contribution in [0.15, 0.2) is 46.9 Å². The molecule has 0 saturated heterocycles. The summed E-state index contributed by atoms with van der Waals surface area (Å²) in [6.45, 7) is 4.28. The molecule has 21 heavy (non-hydrogen) atoms. The SMILES string of the molecule is Cc1ccc(C(C)n2c(CCl)nc3ccc(Br)cc32)cc1. The summed E-state index contributed by atoms with van der Waals surface area (Å²) in [5.74, 6) is 1.31. The van der Waals surface area contributed by atoms with E-state index < -0.39 is 0 Å². The number of hydrogen-bond acceptors (Lipinski definition) is 1. The van der Waals surface area contributed by atoms with Gasteiger partial charge in [-0.05, 0) is 37.6 Å². The van der Waals surface area contributed by atoms with Gasteiger partial charge in [-0.15, -0.1) is 11.6 Å². The zero-order valence-electron chi connectivity index (χ0n) is 12.0. The van der Waals surface area contributed by atoms with Crippen molar-refractivity contribution in [1.29, 1.82) is 0 Å². The topological polar surface area (TPSA) is 17.8 Å². The van der Waals surface area contributed by atoms with Crippen LogP contribution < -0.4 is 0 Å². The maximum Gasteiger partial charge on any atom is 0.125 e. The molecule has 0 radical (unpaired) electrons. The Bertz CT molecular complexity index is 777. The van der Waals surface area contributed by atoms with E-state index in [0.717, 1.165) is 21.3 Å². The van der Waals surface area contributed by atoms with E-state index in [1.807, 2.05) is 12.1 Å². The molecular formula is C17H16BrClN2. The molecule has 2 aromatic carbocycles. The molecule has 0 fully saturated rings. The molecule has 1 aromatic heterocycles. The number of nitrogens with zero attached hydrogens (tertiary/aromatic N) is 2. The quantitative estimate of drug-likeness (QED) is 0.565. The van der Waals surface area contributed by atoms with E-state index in [0.29, 0.717) is 5.88 Å². The second kappa shape index (κ2) is 5.82. The number of rotatable bonds is 3. The molecule has 0 N–H and O–H groups in total. The van der Waals surface area contributed by atoms with Crippen molar-refractivity contribution in [2.75, 3.05) is 0 Å². The van der Waals surface area contributed by atoms with Crippen molar-refractivity contribution in [3.8, 4) is 0 Å². The van der Waals surface area contributed by atoms with Crippen LogP contribution >= 0.6 is 27.5 Å². The number of aromatic nitrogens is 2. The third-order valence-electron chi connectivity index (χ3n) is 3.79. The molecule has 1 atom stereocenters. The average Bonchev–Trinajstić information content (AvgIpc) is 2.85. The van der Waals surface area contributed by atoms with Gasteiger partial charge in [0.15, 0.2) is 0 Å². The number of hydrogen-bond donors (Lipinski definition) is 0. The lowest BCUT2D eigenvalue weighted by Gasteiger charge is -2.18. The summed E-state index contributed by atoms with van der Waals surface area (Å²) in [7, 11) is 0. The van der Waals surface area contributed by atoms with Gasteiger partial charge in [-0.3, -0.25) is 0 Å². The van der Waals surface area contributed by atoms with Crippen molar-refractivity contribution in [3.05, 3.63) is 63.9 Å². The molecule has 4 heteroatoms. The lowest BCUT2D eigenvalue weighted by molar-refractivity contribution is 0.633. The highest BCUT2D eigenvalue weighted by Crippen LogP contribution is 2.28. The molecule has 0 aliphatic carbocycles. The first-order valence-corrected chi connectivity index (χ1v) is 8.22. The van der Waals surface area contributed by atoms with Gasteiger partial charge in [0.05, 0.1) is 23.0 Å². The molecule has 0 amide bonds. The van der Waals surface area contributed by atoms with Crippen molar-refractivity contribution in [3.63, 3.8) is 0 Å². The van der Waals surface area contributed by atoms with Gasteiger partial charge in [0.2, 0.25) is 0 Å². The van der Waals surface area contributed by atoms with Gasteiger partial charge in [0, 0.05) is 4.47 Å². The predicted molar refractivity (Wildman–Crippen MR) is 92.0 cm³/mol. The summed E-state index contributed by atoms with van der Waals surface area (Å²) in [5, 5.41) is 0. The van der Waals surface area contributed by atoms with E-state index in [-0.39, 0.29) is 6.04 Å². The zero-order chi connectivity index (χ0) is 15.0. The molecule has 0 aliphatic rings. The highest BCUT2D eigenvalue weighted by atomic mass is 79.9. The number of aryl methyl sites for hydroxylation is 1. The second-order valence-corrected chi connectivity index (χ2v) is 6.43. The summed E-state index contributed by atoms with van der Waals surface area (Å²) in [4.78, 5) is 4.65. The minimum Gasteiger partial charge on any atom is -0.320 e. The number of fused-ring (bicyclic) bond motifs is 1. The van der Waals surface area contributed by atoms with E-state index in [1.165, 1.54) is 11.1 Å². The molecule has 2 nitrogen and oxygen atoms in total. The molecule has 0 bridgehead atoms. The predicted octanol–water partition coefficient (Wildman–Crippen LogP) is 5.46. The van der Waals surface area contributed by atoms with E-state index in [1.54, 1.807) is 0 Å². The summed E-state index contributed by atoms with van der Waals surface area (Å²) >= 11 is 9.64. The number of halogens is 2. The van der Waals surface area contributed by atoms with Crippen LogP contribution in [-0.2, 0) is 5.88 Å². The third kappa shape index (κ3) is 2.72. The van der Waals surface area contributed by atoms with Gasteiger partial charge >= 0.3 is 0 Å². The Labute approximate surface area is 137 Å². The summed E-state index contributed by atoms with van der Waals surface area (Å²) < 4.78 is 3.27. The molecule has 108 valence electrons. The lowest BCUT2D eigenvalue weighted by Crippen LogP contribution is -2.09. The molecule has 3 rings (SSSR count). The lowest BCUT2D eigenvalue weighted by atomic mass is 10.1. The van der Waals surface area contributed by atoms with Crippen LogP contribution in [0.1, 0.15) is 29.9 Å². The van der Waals surface area contributed by atoms with Crippen LogP contribution in [0.2, 0.25) is 0 Å². The highest BCUT2D eigenvalue weighted by molar-refractivity contribution is 9.10. The zero-order valence-corrected chi connectivity index (χ0v) is 14.3. The van der Waals surface area contributed by atoms with Gasteiger partial charge in [-0.1, -0.05) is 45.8 Å². The van der Waals surface area contributed by atoms with Crippen molar-refractivity contribution >= 4 is 38.6 Å². The minimum absolute atomic E-state index is 0.193. The molecule has 3 aromatic rings. The van der Waals surface area contributed by atoms with Crippen molar-refractivity contribution in [1.82, 2.24) is 9.55 Å². The Hall–Kier alpha value is -1.32. The first-order valence-electron chi connectivity index (χ1n) is 6.89. The highest BCUT2D eigenvalue weighted by Gasteiger charge is 2.16. The van der Waals surface area contributed by atoms with Gasteiger partial charge in [-0.2, -0.15) is 0 Å². The van der Waals surface area contributed by atoms with E-state index in [4.69, 9.17) is 11.6 Å². The first kappa shape index (κ1) is 14.6. The average molecular weight is 364 g/mol. The molecule has 0 aliphatic heterocycles. The van der Waals surface area contributed by atoms with Crippen LogP contribution in [0.5, 0.6) is 0 Å². The largest absolute Gasteiger partial charge is 0.320 e. The van der Waals surface area contributed by atoms with Crippen LogP contribution in [0.3, 0.4) is 0 Å². The van der Waals surface area contributed by atoms with Crippen LogP contribution in [-0.4, -0.2) is 9.55 Å². The summed E-state index contributed by atoms with van der Waals surface area (Å²) in [5.41, 5.74) is 4.61. The van der Waals surface area contributed by atoms with Gasteiger partial charge in [0.25, 0.3) is 0 Å². The fourth-order valence-electron chi connectivity index (χ4n) is 2.64. The second-order valence-electron chi connectivity index (χ2n) is 5.25. The minimum atomic E-state index is 0.193. The molecular weight excluding hydrogens is 348 g/mol. The van der Waals surface area contributed by atoms with Gasteiger partial charge in [-0.25, -0.2) is 4.98 Å². The summed E-state index contributed by atoms with van der Waals surface area (Å²) in [6, 6.07) is 14.9. The maximum absolute atomic E-state index is 6.11. The normalized spacial score (nSPS) is 12.8. The Morgan fingerprint density at radius 2 is 1.90 bits per heavy atom. The fourth-order valence-corrected chi connectivity index (χ4v) is 3.17. The first-order chi connectivity index (χ1) is 10.1. The Morgan fingerprint density at radius 1 is 1.19 bits per heavy atom. The summed E-state index contributed by atoms with van der Waals surface area (Å²) in [6.07, 6.45) is 0. The monoisotopic (exact) mass is 362 g/mol. The fraction of sp³-hybridized carbons (Fsp3) is 0.235. The van der Waals surface area contributed by atoms with Gasteiger partial charge < -0.3 is 4.57 Å². The Balaban J connectivity index is 2.17. The van der Waals surface area contributed by atoms with Crippen LogP contribution in [0.25, 0.3) is 11.0 Å². The molecule has 0 saturated carbocycles. The number of alkyl halides is 1. The Morgan fingerprint density at radius 3 is 2.57 bits per heavy atom. The number of benzene rings is 2. The van der Waals surface area contributed by atoms with Crippen molar-refractivity contribution in [2.24, 2.45) is 0 Å². The Kier molecular flexibility index (Phi) is 4.05. The van der Waals surface area contributed by atoms with E-state index >= 15 is 0 Å². The van der Waals surface area contributed by atoms with E-state index in [9.17, 15) is 0 Å². The maximum atomic E-state index is 6.11. The smallest absolute Gasteiger partial charge is 0.125 e. The molecule has 0 spiro atoms. The van der Waals surface area contributed by atoms with Gasteiger partial charge in [0.1, 0.15) is 5.82 Å².